The van der Waals surface area contributed by atoms with Crippen LogP contribution in [-0.4, -0.2) is 16.0 Å². The van der Waals surface area contributed by atoms with Gasteiger partial charge in [-0.15, -0.1) is 0 Å². The molecule has 3 unspecified atom stereocenters. The van der Waals surface area contributed by atoms with Gasteiger partial charge in [0.15, 0.2) is 0 Å². The van der Waals surface area contributed by atoms with Gasteiger partial charge in [0.2, 0.25) is 0 Å². The van der Waals surface area contributed by atoms with Crippen molar-refractivity contribution in [2.45, 2.75) is 35.8 Å². The van der Waals surface area contributed by atoms with Crippen molar-refractivity contribution in [2.24, 2.45) is 11.7 Å². The van der Waals surface area contributed by atoms with Crippen molar-refractivity contribution in [3.63, 3.8) is 0 Å². The minimum absolute atomic E-state index is 0.0275. The van der Waals surface area contributed by atoms with E-state index in [9.17, 15) is 13.0 Å². The van der Waals surface area contributed by atoms with Crippen molar-refractivity contribution in [1.82, 2.24) is 0 Å². The summed E-state index contributed by atoms with van der Waals surface area (Å²) in [6.45, 7) is 0.452. The number of hydrogen-bond acceptors (Lipinski definition) is 2. The monoisotopic (exact) mass is 273 g/mol. The minimum atomic E-state index is -1.52. The molecule has 2 N–H and O–H groups in total. The average Bonchev–Trinajstić information content (AvgIpc) is 2.40. The smallest absolute Gasteiger partial charge is 0.139 e. The van der Waals surface area contributed by atoms with E-state index in [4.69, 9.17) is 5.73 Å². The molecule has 18 heavy (non-hydrogen) atoms. The molecule has 0 bridgehead atoms. The summed E-state index contributed by atoms with van der Waals surface area (Å²) < 4.78 is 39.1. The fraction of sp³-hybridized carbons (Fsp3) is 0.538. The molecular formula is C13H17F2NOS. The maximum atomic E-state index is 13.6. The van der Waals surface area contributed by atoms with Crippen LogP contribution in [0.2, 0.25) is 0 Å². The molecule has 0 aliphatic heterocycles. The Bertz CT molecular complexity index is 453. The normalized spacial score (nSPS) is 25.9. The van der Waals surface area contributed by atoms with E-state index < -0.39 is 22.4 Å². The van der Waals surface area contributed by atoms with E-state index in [2.05, 4.69) is 0 Å². The van der Waals surface area contributed by atoms with E-state index in [1.54, 1.807) is 0 Å². The van der Waals surface area contributed by atoms with Crippen LogP contribution in [0.3, 0.4) is 0 Å². The predicted molar refractivity (Wildman–Crippen MR) is 67.6 cm³/mol. The van der Waals surface area contributed by atoms with E-state index in [0.29, 0.717) is 6.54 Å². The summed E-state index contributed by atoms with van der Waals surface area (Å²) in [4.78, 5) is -0.0275. The molecule has 1 aromatic rings. The van der Waals surface area contributed by atoms with Crippen LogP contribution in [0.15, 0.2) is 23.1 Å². The van der Waals surface area contributed by atoms with Crippen molar-refractivity contribution in [2.75, 3.05) is 6.54 Å². The summed E-state index contributed by atoms with van der Waals surface area (Å²) in [5.74, 6) is -1.02. The lowest BCUT2D eigenvalue weighted by atomic mass is 9.89. The Morgan fingerprint density at radius 1 is 1.28 bits per heavy atom. The molecule has 2 rings (SSSR count). The van der Waals surface area contributed by atoms with Crippen LogP contribution >= 0.6 is 0 Å². The van der Waals surface area contributed by atoms with Crippen LogP contribution in [0.1, 0.15) is 25.7 Å². The Kier molecular flexibility index (Phi) is 4.45. The molecular weight excluding hydrogens is 256 g/mol. The van der Waals surface area contributed by atoms with Gasteiger partial charge in [-0.05, 0) is 43.5 Å². The third kappa shape index (κ3) is 2.78. The van der Waals surface area contributed by atoms with Crippen LogP contribution < -0.4 is 5.73 Å². The highest BCUT2D eigenvalue weighted by Gasteiger charge is 2.31. The number of rotatable bonds is 3. The molecule has 1 aliphatic rings. The molecule has 0 spiro atoms. The zero-order valence-corrected chi connectivity index (χ0v) is 10.9. The van der Waals surface area contributed by atoms with Gasteiger partial charge in [-0.3, -0.25) is 4.21 Å². The predicted octanol–water partition coefficient (Wildman–Crippen LogP) is 2.59. The quantitative estimate of drug-likeness (QED) is 0.920. The first-order valence-electron chi connectivity index (χ1n) is 6.19. The Labute approximate surface area is 108 Å². The van der Waals surface area contributed by atoms with Gasteiger partial charge in [-0.2, -0.15) is 0 Å². The molecule has 0 heterocycles. The van der Waals surface area contributed by atoms with E-state index in [1.807, 2.05) is 0 Å². The van der Waals surface area contributed by atoms with Crippen molar-refractivity contribution in [3.8, 4) is 0 Å². The van der Waals surface area contributed by atoms with Gasteiger partial charge in [-0.25, -0.2) is 8.78 Å². The Morgan fingerprint density at radius 3 is 2.72 bits per heavy atom. The molecule has 100 valence electrons. The van der Waals surface area contributed by atoms with Gasteiger partial charge >= 0.3 is 0 Å². The first-order chi connectivity index (χ1) is 8.63. The lowest BCUT2D eigenvalue weighted by molar-refractivity contribution is 0.371. The van der Waals surface area contributed by atoms with Crippen molar-refractivity contribution >= 4 is 10.8 Å². The van der Waals surface area contributed by atoms with Gasteiger partial charge in [0.05, 0.1) is 15.7 Å². The fourth-order valence-electron chi connectivity index (χ4n) is 2.52. The molecule has 1 aromatic carbocycles. The van der Waals surface area contributed by atoms with E-state index in [0.717, 1.165) is 43.9 Å². The third-order valence-electron chi connectivity index (χ3n) is 3.53. The highest BCUT2D eigenvalue weighted by Crippen LogP contribution is 2.31. The zero-order chi connectivity index (χ0) is 13.1. The van der Waals surface area contributed by atoms with E-state index >= 15 is 0 Å². The number of benzene rings is 1. The molecule has 0 aromatic heterocycles. The van der Waals surface area contributed by atoms with Crippen LogP contribution in [0.5, 0.6) is 0 Å². The minimum Gasteiger partial charge on any atom is -0.330 e. The van der Waals surface area contributed by atoms with Gasteiger partial charge < -0.3 is 5.73 Å². The molecule has 1 aliphatic carbocycles. The molecule has 1 saturated carbocycles. The standard InChI is InChI=1S/C13H17F2NOS/c14-10-5-6-11(15)13(7-10)18(17)12-4-2-1-3-9(12)8-16/h5-7,9,12H,1-4,8,16H2. The second-order valence-corrected chi connectivity index (χ2v) is 6.33. The third-order valence-corrected chi connectivity index (χ3v) is 5.44. The summed E-state index contributed by atoms with van der Waals surface area (Å²) in [5.41, 5.74) is 5.68. The summed E-state index contributed by atoms with van der Waals surface area (Å²) in [7, 11) is -1.52. The maximum Gasteiger partial charge on any atom is 0.139 e. The van der Waals surface area contributed by atoms with Crippen LogP contribution in [0.25, 0.3) is 0 Å². The molecule has 5 heteroatoms. The van der Waals surface area contributed by atoms with Gasteiger partial charge in [0, 0.05) is 5.25 Å². The summed E-state index contributed by atoms with van der Waals surface area (Å²) in [6.07, 6.45) is 3.74. The molecule has 0 amide bonds. The number of hydrogen-bond donors (Lipinski definition) is 1. The summed E-state index contributed by atoms with van der Waals surface area (Å²) >= 11 is 0. The topological polar surface area (TPSA) is 43.1 Å². The highest BCUT2D eigenvalue weighted by atomic mass is 32.2. The second-order valence-electron chi connectivity index (χ2n) is 4.69. The van der Waals surface area contributed by atoms with Crippen molar-refractivity contribution < 1.29 is 13.0 Å². The first kappa shape index (κ1) is 13.6. The van der Waals surface area contributed by atoms with E-state index in [-0.39, 0.29) is 16.1 Å². The first-order valence-corrected chi connectivity index (χ1v) is 7.40. The Balaban J connectivity index is 2.26. The lowest BCUT2D eigenvalue weighted by Crippen LogP contribution is -2.34. The lowest BCUT2D eigenvalue weighted by Gasteiger charge is -2.29. The number of halogens is 2. The van der Waals surface area contributed by atoms with E-state index in [1.165, 1.54) is 0 Å². The second kappa shape index (κ2) is 5.89. The summed E-state index contributed by atoms with van der Waals surface area (Å²) in [6, 6.07) is 3.10. The van der Waals surface area contributed by atoms with Crippen molar-refractivity contribution in [3.05, 3.63) is 29.8 Å². The Hall–Kier alpha value is -0.810. The molecule has 2 nitrogen and oxygen atoms in total. The number of nitrogens with two attached hydrogens (primary N) is 1. The van der Waals surface area contributed by atoms with Gasteiger partial charge in [0.25, 0.3) is 0 Å². The van der Waals surface area contributed by atoms with Crippen LogP contribution in [0, 0.1) is 17.6 Å². The SMILES string of the molecule is NCC1CCCCC1S(=O)c1cc(F)ccc1F. The van der Waals surface area contributed by atoms with Crippen LogP contribution in [0.4, 0.5) is 8.78 Å². The zero-order valence-electron chi connectivity index (χ0n) is 10.1. The maximum absolute atomic E-state index is 13.6. The summed E-state index contributed by atoms with van der Waals surface area (Å²) in [5, 5.41) is -0.153. The highest BCUT2D eigenvalue weighted by molar-refractivity contribution is 7.85. The molecule has 0 saturated heterocycles. The largest absolute Gasteiger partial charge is 0.330 e. The molecule has 0 radical (unpaired) electrons. The van der Waals surface area contributed by atoms with Crippen molar-refractivity contribution in [1.29, 1.82) is 0 Å². The molecule has 1 fully saturated rings. The Morgan fingerprint density at radius 2 is 2.00 bits per heavy atom. The van der Waals surface area contributed by atoms with Crippen LogP contribution in [-0.2, 0) is 10.8 Å². The van der Waals surface area contributed by atoms with Gasteiger partial charge in [-0.1, -0.05) is 12.8 Å². The average molecular weight is 273 g/mol. The van der Waals surface area contributed by atoms with Gasteiger partial charge in [0.1, 0.15) is 11.6 Å². The fourth-order valence-corrected chi connectivity index (χ4v) is 4.31. The molecule has 3 atom stereocenters.